The number of guanidine groups is 1. The van der Waals surface area contributed by atoms with Crippen molar-refractivity contribution in [1.82, 2.24) is 20.0 Å². The van der Waals surface area contributed by atoms with Crippen LogP contribution in [0.25, 0.3) is 0 Å². The molecule has 0 radical (unpaired) electrons. The molecule has 4 rings (SSSR count). The number of nitrogens with zero attached hydrogens (tertiary/aromatic N) is 4. The van der Waals surface area contributed by atoms with Crippen LogP contribution in [0.2, 0.25) is 0 Å². The summed E-state index contributed by atoms with van der Waals surface area (Å²) in [6.45, 7) is 11.3. The Morgan fingerprint density at radius 1 is 1.27 bits per heavy atom. The van der Waals surface area contributed by atoms with Gasteiger partial charge in [0.2, 0.25) is 0 Å². The van der Waals surface area contributed by atoms with Gasteiger partial charge in [-0.15, -0.1) is 0 Å². The van der Waals surface area contributed by atoms with Gasteiger partial charge in [-0.05, 0) is 36.6 Å². The smallest absolute Gasteiger partial charge is 0.193 e. The van der Waals surface area contributed by atoms with Crippen LogP contribution in [0.1, 0.15) is 44.2 Å². The third kappa shape index (κ3) is 4.40. The number of aliphatic imine (C=N–C) groups is 1. The lowest BCUT2D eigenvalue weighted by molar-refractivity contribution is 0.171. The Kier molecular flexibility index (Phi) is 5.88. The molecule has 0 spiro atoms. The van der Waals surface area contributed by atoms with E-state index >= 15 is 0 Å². The fourth-order valence-electron chi connectivity index (χ4n) is 4.13. The van der Waals surface area contributed by atoms with Crippen molar-refractivity contribution in [3.63, 3.8) is 0 Å². The van der Waals surface area contributed by atoms with E-state index < -0.39 is 0 Å². The number of likely N-dealkylation sites (tertiary alicyclic amines) is 1. The van der Waals surface area contributed by atoms with Gasteiger partial charge in [0.05, 0.1) is 12.7 Å². The minimum absolute atomic E-state index is 0.112. The zero-order valence-electron chi connectivity index (χ0n) is 18.5. The zero-order chi connectivity index (χ0) is 21.1. The first-order chi connectivity index (χ1) is 14.5. The molecule has 7 heteroatoms. The van der Waals surface area contributed by atoms with E-state index in [2.05, 4.69) is 54.4 Å². The van der Waals surface area contributed by atoms with Crippen molar-refractivity contribution in [3.05, 3.63) is 41.7 Å². The van der Waals surface area contributed by atoms with E-state index in [9.17, 15) is 0 Å². The molecule has 0 saturated carbocycles. The Morgan fingerprint density at radius 3 is 2.80 bits per heavy atom. The van der Waals surface area contributed by atoms with Gasteiger partial charge in [-0.1, -0.05) is 19.9 Å². The highest BCUT2D eigenvalue weighted by atomic mass is 16.6. The largest absolute Gasteiger partial charge is 0.486 e. The third-order valence-corrected chi connectivity index (χ3v) is 5.97. The van der Waals surface area contributed by atoms with Gasteiger partial charge < -0.3 is 19.7 Å². The van der Waals surface area contributed by atoms with E-state index in [1.54, 1.807) is 0 Å². The first kappa shape index (κ1) is 20.6. The fourth-order valence-corrected chi connectivity index (χ4v) is 4.13. The van der Waals surface area contributed by atoms with Gasteiger partial charge in [-0.2, -0.15) is 5.10 Å². The normalized spacial score (nSPS) is 19.3. The molecule has 1 N–H and O–H groups in total. The van der Waals surface area contributed by atoms with Crippen LogP contribution >= 0.6 is 0 Å². The van der Waals surface area contributed by atoms with Crippen LogP contribution in [0.4, 0.5) is 0 Å². The monoisotopic (exact) mass is 411 g/mol. The predicted octanol–water partition coefficient (Wildman–Crippen LogP) is 2.92. The SMILES string of the molecule is CCNC(=NCC(C)(C)c1ccc2c(c1)OCCO2)N1CCC(c2cnn(C)c2)C1. The fraction of sp³-hybridized carbons (Fsp3) is 0.565. The molecule has 1 fully saturated rings. The standard InChI is InChI=1S/C23H33N5O2/c1-5-24-22(28-9-8-17(15-28)18-13-26-27(4)14-18)25-16-23(2,3)19-6-7-20-21(12-19)30-11-10-29-20/h6-7,12-14,17H,5,8-11,15-16H2,1-4H3,(H,24,25). The van der Waals surface area contributed by atoms with Crippen molar-refractivity contribution in [2.24, 2.45) is 12.0 Å². The lowest BCUT2D eigenvalue weighted by Gasteiger charge is -2.28. The van der Waals surface area contributed by atoms with Crippen molar-refractivity contribution in [2.45, 2.75) is 38.5 Å². The van der Waals surface area contributed by atoms with E-state index in [0.29, 0.717) is 25.7 Å². The van der Waals surface area contributed by atoms with Crippen LogP contribution in [-0.4, -0.2) is 60.0 Å². The van der Waals surface area contributed by atoms with E-state index in [4.69, 9.17) is 14.5 Å². The van der Waals surface area contributed by atoms with Gasteiger partial charge >= 0.3 is 0 Å². The van der Waals surface area contributed by atoms with Crippen molar-refractivity contribution in [1.29, 1.82) is 0 Å². The number of rotatable bonds is 5. The molecule has 1 aromatic carbocycles. The van der Waals surface area contributed by atoms with Gasteiger partial charge in [0.15, 0.2) is 17.5 Å². The highest BCUT2D eigenvalue weighted by molar-refractivity contribution is 5.80. The van der Waals surface area contributed by atoms with E-state index in [1.807, 2.05) is 24.0 Å². The van der Waals surface area contributed by atoms with E-state index in [-0.39, 0.29) is 5.41 Å². The topological polar surface area (TPSA) is 63.9 Å². The third-order valence-electron chi connectivity index (χ3n) is 5.97. The lowest BCUT2D eigenvalue weighted by atomic mass is 9.84. The van der Waals surface area contributed by atoms with Gasteiger partial charge in [0.1, 0.15) is 13.2 Å². The molecule has 30 heavy (non-hydrogen) atoms. The number of hydrogen-bond donors (Lipinski definition) is 1. The number of benzene rings is 1. The molecule has 0 amide bonds. The first-order valence-electron chi connectivity index (χ1n) is 10.9. The number of aromatic nitrogens is 2. The molecule has 2 aliphatic heterocycles. The summed E-state index contributed by atoms with van der Waals surface area (Å²) in [4.78, 5) is 7.40. The first-order valence-corrected chi connectivity index (χ1v) is 10.9. The summed E-state index contributed by atoms with van der Waals surface area (Å²) >= 11 is 0. The van der Waals surface area contributed by atoms with Crippen LogP contribution < -0.4 is 14.8 Å². The van der Waals surface area contributed by atoms with Crippen molar-refractivity contribution in [3.8, 4) is 11.5 Å². The molecule has 3 heterocycles. The van der Waals surface area contributed by atoms with Crippen LogP contribution in [0.3, 0.4) is 0 Å². The minimum atomic E-state index is -0.112. The Balaban J connectivity index is 1.47. The summed E-state index contributed by atoms with van der Waals surface area (Å²) in [6, 6.07) is 6.24. The van der Waals surface area contributed by atoms with Gasteiger partial charge in [0.25, 0.3) is 0 Å². The molecule has 7 nitrogen and oxygen atoms in total. The van der Waals surface area contributed by atoms with Crippen molar-refractivity contribution >= 4 is 5.96 Å². The average molecular weight is 412 g/mol. The van der Waals surface area contributed by atoms with Crippen LogP contribution in [-0.2, 0) is 12.5 Å². The van der Waals surface area contributed by atoms with Crippen LogP contribution in [0.5, 0.6) is 11.5 Å². The zero-order valence-corrected chi connectivity index (χ0v) is 18.5. The highest BCUT2D eigenvalue weighted by Gasteiger charge is 2.28. The Morgan fingerprint density at radius 2 is 2.07 bits per heavy atom. The molecular formula is C23H33N5O2. The van der Waals surface area contributed by atoms with Crippen LogP contribution in [0.15, 0.2) is 35.6 Å². The summed E-state index contributed by atoms with van der Waals surface area (Å²) in [6.07, 6.45) is 5.24. The molecule has 0 aliphatic carbocycles. The molecule has 1 saturated heterocycles. The Bertz CT molecular complexity index is 905. The maximum Gasteiger partial charge on any atom is 0.193 e. The molecular weight excluding hydrogens is 378 g/mol. The highest BCUT2D eigenvalue weighted by Crippen LogP contribution is 2.35. The Hall–Kier alpha value is -2.70. The molecule has 1 atom stereocenters. The molecule has 2 aliphatic rings. The maximum absolute atomic E-state index is 5.77. The second kappa shape index (κ2) is 8.58. The second-order valence-corrected chi connectivity index (χ2v) is 8.79. The quantitative estimate of drug-likeness (QED) is 0.605. The minimum Gasteiger partial charge on any atom is -0.486 e. The maximum atomic E-state index is 5.77. The number of nitrogens with one attached hydrogen (secondary N) is 1. The van der Waals surface area contributed by atoms with Crippen molar-refractivity contribution < 1.29 is 9.47 Å². The molecule has 0 bridgehead atoms. The number of ether oxygens (including phenoxy) is 2. The van der Waals surface area contributed by atoms with Gasteiger partial charge in [0, 0.05) is 44.2 Å². The van der Waals surface area contributed by atoms with Crippen molar-refractivity contribution in [2.75, 3.05) is 39.4 Å². The predicted molar refractivity (Wildman–Crippen MR) is 119 cm³/mol. The number of aryl methyl sites for hydroxylation is 1. The summed E-state index contributed by atoms with van der Waals surface area (Å²) in [5, 5.41) is 7.82. The summed E-state index contributed by atoms with van der Waals surface area (Å²) < 4.78 is 13.3. The second-order valence-electron chi connectivity index (χ2n) is 8.79. The van der Waals surface area contributed by atoms with Crippen LogP contribution in [0, 0.1) is 0 Å². The summed E-state index contributed by atoms with van der Waals surface area (Å²) in [5.41, 5.74) is 2.41. The van der Waals surface area contributed by atoms with Gasteiger partial charge in [-0.25, -0.2) is 0 Å². The molecule has 2 aromatic rings. The van der Waals surface area contributed by atoms with E-state index in [1.165, 1.54) is 11.1 Å². The van der Waals surface area contributed by atoms with E-state index in [0.717, 1.165) is 43.5 Å². The summed E-state index contributed by atoms with van der Waals surface area (Å²) in [5.74, 6) is 3.17. The lowest BCUT2D eigenvalue weighted by Crippen LogP contribution is -2.41. The molecule has 162 valence electrons. The average Bonchev–Trinajstić information content (AvgIpc) is 3.40. The Labute approximate surface area is 179 Å². The summed E-state index contributed by atoms with van der Waals surface area (Å²) in [7, 11) is 1.97. The number of hydrogen-bond acceptors (Lipinski definition) is 4. The molecule has 1 aromatic heterocycles. The van der Waals surface area contributed by atoms with Gasteiger partial charge in [-0.3, -0.25) is 9.67 Å². The molecule has 1 unspecified atom stereocenters. The number of fused-ring (bicyclic) bond motifs is 1.